The summed E-state index contributed by atoms with van der Waals surface area (Å²) in [6.07, 6.45) is 1.35. The molecule has 2 atom stereocenters. The van der Waals surface area contributed by atoms with E-state index in [0.29, 0.717) is 24.9 Å². The third kappa shape index (κ3) is 3.90. The van der Waals surface area contributed by atoms with Crippen LogP contribution >= 0.6 is 11.8 Å². The average molecular weight is 287 g/mol. The Morgan fingerprint density at radius 3 is 2.85 bits per heavy atom. The summed E-state index contributed by atoms with van der Waals surface area (Å²) in [5.74, 6) is 0.269. The van der Waals surface area contributed by atoms with E-state index in [1.54, 1.807) is 11.8 Å². The molecule has 1 heterocycles. The Labute approximate surface area is 122 Å². The number of rotatable bonds is 6. The van der Waals surface area contributed by atoms with Gasteiger partial charge in [-0.2, -0.15) is 0 Å². The van der Waals surface area contributed by atoms with Gasteiger partial charge in [-0.25, -0.2) is 0 Å². The second-order valence-electron chi connectivity index (χ2n) is 4.38. The Balaban J connectivity index is 2.01. The Morgan fingerprint density at radius 2 is 2.25 bits per heavy atom. The Kier molecular flexibility index (Phi) is 5.29. The number of nitrogens with zero attached hydrogens (tertiary/aromatic N) is 1. The zero-order chi connectivity index (χ0) is 14.4. The van der Waals surface area contributed by atoms with Gasteiger partial charge in [-0.15, -0.1) is 0 Å². The molecule has 2 rings (SSSR count). The minimum atomic E-state index is -0.369. The molecule has 0 aromatic heterocycles. The van der Waals surface area contributed by atoms with E-state index in [4.69, 9.17) is 4.74 Å². The number of aliphatic imine (C=N–C) groups is 1. The molecule has 0 bridgehead atoms. The third-order valence-electron chi connectivity index (χ3n) is 2.93. The summed E-state index contributed by atoms with van der Waals surface area (Å²) < 4.78 is 15.7. The van der Waals surface area contributed by atoms with E-state index in [-0.39, 0.29) is 18.1 Å². The van der Waals surface area contributed by atoms with Crippen LogP contribution in [0, 0.1) is 0 Å². The van der Waals surface area contributed by atoms with Gasteiger partial charge in [0.05, 0.1) is 0 Å². The van der Waals surface area contributed by atoms with Gasteiger partial charge in [0.25, 0.3) is 0 Å². The molecule has 0 aliphatic carbocycles. The molecule has 4 nitrogen and oxygen atoms in total. The van der Waals surface area contributed by atoms with Crippen molar-refractivity contribution >= 4 is 31.0 Å². The molecule has 2 unspecified atom stereocenters. The van der Waals surface area contributed by atoms with E-state index < -0.39 is 0 Å². The van der Waals surface area contributed by atoms with E-state index in [1.165, 1.54) is 6.11 Å². The molecule has 0 radical (unpaired) electrons. The molecule has 1 aromatic carbocycles. The zero-order valence-electron chi connectivity index (χ0n) is 10.9. The van der Waals surface area contributed by atoms with Crippen LogP contribution in [0.4, 0.5) is 0 Å². The molecule has 1 fully saturated rings. The average Bonchev–Trinajstić information content (AvgIpc) is 2.80. The first-order valence-electron chi connectivity index (χ1n) is 6.24. The molecule has 1 aromatic rings. The number of hydrogen-bond acceptors (Lipinski definition) is 5. The summed E-state index contributed by atoms with van der Waals surface area (Å²) in [5, 5.41) is 0. The van der Waals surface area contributed by atoms with Gasteiger partial charge in [0.2, 0.25) is 0 Å². The van der Waals surface area contributed by atoms with E-state index in [1.807, 2.05) is 30.3 Å². The Hall–Kier alpha value is -1.69. The van der Waals surface area contributed by atoms with Crippen molar-refractivity contribution in [1.29, 1.82) is 0 Å². The molecule has 102 valence electrons. The van der Waals surface area contributed by atoms with E-state index >= 15 is 0 Å². The van der Waals surface area contributed by atoms with Gasteiger partial charge in [0.1, 0.15) is 0 Å². The number of esters is 1. The number of hydrogen-bond donors (Lipinski definition) is 0. The fourth-order valence-electron chi connectivity index (χ4n) is 1.89. The number of cyclic esters (lactones) is 1. The second kappa shape index (κ2) is 7.19. The molecule has 0 N–H and O–H groups in total. The van der Waals surface area contributed by atoms with Gasteiger partial charge in [-0.05, 0) is 0 Å². The second-order valence-corrected chi connectivity index (χ2v) is 5.47. The van der Waals surface area contributed by atoms with Crippen LogP contribution in [0.15, 0.2) is 52.4 Å². The van der Waals surface area contributed by atoms with Gasteiger partial charge in [0, 0.05) is 0 Å². The van der Waals surface area contributed by atoms with Crippen LogP contribution in [0.5, 0.6) is 0 Å². The van der Waals surface area contributed by atoms with Crippen LogP contribution in [0.1, 0.15) is 6.42 Å². The van der Waals surface area contributed by atoms with Crippen molar-refractivity contribution in [3.8, 4) is 0 Å². The van der Waals surface area contributed by atoms with Crippen LogP contribution in [-0.2, 0) is 14.2 Å². The van der Waals surface area contributed by atoms with Crippen LogP contribution in [0.2, 0.25) is 0 Å². The normalized spacial score (nSPS) is 19.9. The standard InChI is InChI=1S/C14H14BNO3S/c1-10-7-13(19-14(10)17)12(16-9-15-18)8-20-11-5-3-2-4-6-11/h2-6,9,12-13H,1,7-8H2. The van der Waals surface area contributed by atoms with E-state index in [9.17, 15) is 9.50 Å². The zero-order valence-corrected chi connectivity index (χ0v) is 11.7. The summed E-state index contributed by atoms with van der Waals surface area (Å²) in [6.45, 7) is 3.66. The monoisotopic (exact) mass is 287 g/mol. The first-order valence-corrected chi connectivity index (χ1v) is 7.23. The van der Waals surface area contributed by atoms with Crippen molar-refractivity contribution < 1.29 is 14.2 Å². The van der Waals surface area contributed by atoms with Gasteiger partial charge in [0.15, 0.2) is 0 Å². The number of benzene rings is 1. The summed E-state index contributed by atoms with van der Waals surface area (Å²) in [5.41, 5.74) is 0.464. The molecule has 0 spiro atoms. The van der Waals surface area contributed by atoms with Crippen molar-refractivity contribution in [1.82, 2.24) is 0 Å². The minimum absolute atomic E-state index is 0.242. The first kappa shape index (κ1) is 14.7. The van der Waals surface area contributed by atoms with E-state index in [0.717, 1.165) is 4.90 Å². The van der Waals surface area contributed by atoms with Gasteiger partial charge in [-0.1, -0.05) is 0 Å². The maximum atomic E-state index is 11.4. The quantitative estimate of drug-likeness (QED) is 0.264. The predicted octanol–water partition coefficient (Wildman–Crippen LogP) is 2.10. The SMILES string of the molecule is C=C1CC(C(CSc2ccccc2)N=CB=O)OC1=O. The van der Waals surface area contributed by atoms with Crippen LogP contribution < -0.4 is 0 Å². The van der Waals surface area contributed by atoms with Crippen molar-refractivity contribution in [2.24, 2.45) is 4.99 Å². The molecule has 1 aliphatic rings. The molecular formula is C14H14BNO3S. The first-order chi connectivity index (χ1) is 9.70. The maximum absolute atomic E-state index is 11.4. The molecule has 0 amide bonds. The third-order valence-corrected chi connectivity index (χ3v) is 4.04. The molecule has 1 aliphatic heterocycles. The van der Waals surface area contributed by atoms with Gasteiger partial charge < -0.3 is 0 Å². The number of carbonyl (C=O) groups excluding carboxylic acids is 1. The fraction of sp³-hybridized carbons (Fsp3) is 0.286. The molecule has 6 heteroatoms. The predicted molar refractivity (Wildman–Crippen MR) is 79.5 cm³/mol. The van der Waals surface area contributed by atoms with Crippen LogP contribution in [-0.4, -0.2) is 37.1 Å². The van der Waals surface area contributed by atoms with Crippen molar-refractivity contribution in [3.05, 3.63) is 42.5 Å². The van der Waals surface area contributed by atoms with Crippen molar-refractivity contribution in [2.45, 2.75) is 23.5 Å². The summed E-state index contributed by atoms with van der Waals surface area (Å²) in [4.78, 5) is 16.7. The van der Waals surface area contributed by atoms with Gasteiger partial charge >= 0.3 is 122 Å². The topological polar surface area (TPSA) is 55.7 Å². The Bertz CT molecular complexity index is 516. The van der Waals surface area contributed by atoms with Crippen molar-refractivity contribution in [3.63, 3.8) is 0 Å². The summed E-state index contributed by atoms with van der Waals surface area (Å²) >= 11 is 1.62. The van der Waals surface area contributed by atoms with Crippen molar-refractivity contribution in [2.75, 3.05) is 5.75 Å². The molecular weight excluding hydrogens is 273 g/mol. The molecule has 0 saturated carbocycles. The number of ether oxygens (including phenoxy) is 1. The molecule has 20 heavy (non-hydrogen) atoms. The van der Waals surface area contributed by atoms with Crippen LogP contribution in [0.25, 0.3) is 0 Å². The fourth-order valence-corrected chi connectivity index (χ4v) is 2.91. The summed E-state index contributed by atoms with van der Waals surface area (Å²) in [6, 6.07) is 9.64. The number of carbonyl (C=O) groups is 1. The van der Waals surface area contributed by atoms with E-state index in [2.05, 4.69) is 11.6 Å². The van der Waals surface area contributed by atoms with Gasteiger partial charge in [-0.3, -0.25) is 0 Å². The number of thioether (sulfide) groups is 1. The Morgan fingerprint density at radius 1 is 1.50 bits per heavy atom. The summed E-state index contributed by atoms with van der Waals surface area (Å²) in [7, 11) is 0.631. The van der Waals surface area contributed by atoms with Crippen LogP contribution in [0.3, 0.4) is 0 Å². The molecule has 1 saturated heterocycles.